The van der Waals surface area contributed by atoms with Gasteiger partial charge in [-0.3, -0.25) is 0 Å². The molecule has 7 heteroatoms. The second kappa shape index (κ2) is 8.45. The number of aryl methyl sites for hydroxylation is 1. The molecule has 2 heterocycles. The molecule has 0 aliphatic heterocycles. The molecule has 4 rings (SSSR count). The topological polar surface area (TPSA) is 71.8 Å². The number of nitrogens with zero attached hydrogens (tertiary/aromatic N) is 3. The van der Waals surface area contributed by atoms with Gasteiger partial charge in [0.15, 0.2) is 5.65 Å². The van der Waals surface area contributed by atoms with Gasteiger partial charge in [-0.2, -0.15) is 0 Å². The maximum absolute atomic E-state index is 12.3. The summed E-state index contributed by atoms with van der Waals surface area (Å²) in [7, 11) is 0. The van der Waals surface area contributed by atoms with Crippen LogP contribution in [0.3, 0.4) is 0 Å². The van der Waals surface area contributed by atoms with Crippen molar-refractivity contribution in [1.82, 2.24) is 19.9 Å². The Morgan fingerprint density at radius 1 is 1.10 bits per heavy atom. The van der Waals surface area contributed by atoms with Gasteiger partial charge in [-0.25, -0.2) is 14.8 Å². The third-order valence-corrected chi connectivity index (χ3v) is 5.46. The molecule has 0 fully saturated rings. The third kappa shape index (κ3) is 4.30. The maximum atomic E-state index is 12.3. The van der Waals surface area contributed by atoms with E-state index in [-0.39, 0.29) is 6.03 Å². The second-order valence-corrected chi connectivity index (χ2v) is 7.50. The van der Waals surface area contributed by atoms with E-state index >= 15 is 0 Å². The number of anilines is 1. The zero-order chi connectivity index (χ0) is 20.2. The van der Waals surface area contributed by atoms with Crippen molar-refractivity contribution in [2.45, 2.75) is 13.5 Å². The van der Waals surface area contributed by atoms with Gasteiger partial charge in [0.25, 0.3) is 0 Å². The molecule has 2 aromatic heterocycles. The van der Waals surface area contributed by atoms with Gasteiger partial charge in [-0.05, 0) is 42.8 Å². The van der Waals surface area contributed by atoms with E-state index in [1.165, 1.54) is 0 Å². The molecule has 29 heavy (non-hydrogen) atoms. The average molecular weight is 450 g/mol. The molecule has 0 spiro atoms. The van der Waals surface area contributed by atoms with Crippen molar-refractivity contribution in [3.63, 3.8) is 0 Å². The molecule has 146 valence electrons. The largest absolute Gasteiger partial charge is 0.336 e. The lowest BCUT2D eigenvalue weighted by atomic mass is 10.2. The van der Waals surface area contributed by atoms with Gasteiger partial charge in [0.2, 0.25) is 0 Å². The monoisotopic (exact) mass is 449 g/mol. The van der Waals surface area contributed by atoms with Gasteiger partial charge < -0.3 is 15.2 Å². The minimum atomic E-state index is -0.245. The molecule has 0 radical (unpaired) electrons. The summed E-state index contributed by atoms with van der Waals surface area (Å²) < 4.78 is 3.05. The highest BCUT2D eigenvalue weighted by atomic mass is 79.9. The van der Waals surface area contributed by atoms with Gasteiger partial charge in [0.1, 0.15) is 11.3 Å². The first-order chi connectivity index (χ1) is 14.1. The quantitative estimate of drug-likeness (QED) is 0.450. The Bertz CT molecular complexity index is 1160. The molecule has 2 aromatic carbocycles. The summed E-state index contributed by atoms with van der Waals surface area (Å²) in [5.74, 6) is 0.838. The molecule has 6 nitrogen and oxygen atoms in total. The van der Waals surface area contributed by atoms with Crippen LogP contribution >= 0.6 is 15.9 Å². The highest BCUT2D eigenvalue weighted by Crippen LogP contribution is 2.23. The number of pyridine rings is 1. The fraction of sp³-hybridized carbons (Fsp3) is 0.136. The number of nitrogens with one attached hydrogen (secondary N) is 2. The van der Waals surface area contributed by atoms with Crippen molar-refractivity contribution in [3.05, 3.63) is 76.9 Å². The predicted molar refractivity (Wildman–Crippen MR) is 119 cm³/mol. The first-order valence-electron chi connectivity index (χ1n) is 9.29. The van der Waals surface area contributed by atoms with Crippen LogP contribution in [-0.2, 0) is 6.54 Å². The Morgan fingerprint density at radius 2 is 1.93 bits per heavy atom. The Balaban J connectivity index is 1.48. The summed E-state index contributed by atoms with van der Waals surface area (Å²) in [6, 6.07) is 19.3. The number of fused-ring (bicyclic) bond motifs is 1. The van der Waals surface area contributed by atoms with Gasteiger partial charge >= 0.3 is 6.03 Å². The Morgan fingerprint density at radius 3 is 2.72 bits per heavy atom. The molecule has 0 saturated carbocycles. The number of imidazole rings is 1. The summed E-state index contributed by atoms with van der Waals surface area (Å²) in [6.07, 6.45) is 1.76. The third-order valence-electron chi connectivity index (χ3n) is 4.57. The number of hydrogen-bond donors (Lipinski definition) is 2. The minimum Gasteiger partial charge on any atom is -0.336 e. The van der Waals surface area contributed by atoms with E-state index < -0.39 is 0 Å². The molecule has 0 unspecified atom stereocenters. The van der Waals surface area contributed by atoms with Crippen molar-refractivity contribution in [3.8, 4) is 11.4 Å². The molecular weight excluding hydrogens is 430 g/mol. The zero-order valence-corrected chi connectivity index (χ0v) is 17.5. The Hall–Kier alpha value is -3.19. The van der Waals surface area contributed by atoms with Crippen LogP contribution < -0.4 is 10.6 Å². The van der Waals surface area contributed by atoms with Gasteiger partial charge in [-0.1, -0.05) is 46.3 Å². The molecular formula is C22H20BrN5O. The maximum Gasteiger partial charge on any atom is 0.319 e. The van der Waals surface area contributed by atoms with Gasteiger partial charge in [-0.15, -0.1) is 0 Å². The van der Waals surface area contributed by atoms with Crippen molar-refractivity contribution in [1.29, 1.82) is 0 Å². The van der Waals surface area contributed by atoms with Crippen LogP contribution in [-0.4, -0.2) is 27.1 Å². The summed E-state index contributed by atoms with van der Waals surface area (Å²) in [4.78, 5) is 21.5. The summed E-state index contributed by atoms with van der Waals surface area (Å²) in [5.41, 5.74) is 4.47. The number of rotatable bonds is 5. The van der Waals surface area contributed by atoms with Crippen LogP contribution in [0.25, 0.3) is 22.6 Å². The van der Waals surface area contributed by atoms with E-state index in [0.29, 0.717) is 13.1 Å². The van der Waals surface area contributed by atoms with E-state index in [1.54, 1.807) is 6.20 Å². The SMILES string of the molecule is Cc1cc(NC(=O)NCCn2c(-c3ccccc3)nc3cccnc32)ccc1Br. The number of amides is 2. The number of carbonyl (C=O) groups is 1. The Kier molecular flexibility index (Phi) is 5.57. The average Bonchev–Trinajstić information content (AvgIpc) is 3.10. The predicted octanol–water partition coefficient (Wildman–Crippen LogP) is 4.99. The lowest BCUT2D eigenvalue weighted by Gasteiger charge is -2.11. The standard InChI is InChI=1S/C22H20BrN5O/c1-15-14-17(9-10-18(15)23)26-22(29)25-12-13-28-20(16-6-3-2-4-7-16)27-19-8-5-11-24-21(19)28/h2-11,14H,12-13H2,1H3,(H2,25,26,29). The minimum absolute atomic E-state index is 0.245. The first-order valence-corrected chi connectivity index (χ1v) is 10.1. The van der Waals surface area contributed by atoms with Gasteiger partial charge in [0.05, 0.1) is 0 Å². The molecule has 0 bridgehead atoms. The summed E-state index contributed by atoms with van der Waals surface area (Å²) >= 11 is 3.46. The van der Waals surface area contributed by atoms with E-state index in [0.717, 1.165) is 38.3 Å². The van der Waals surface area contributed by atoms with Crippen LogP contribution in [0.15, 0.2) is 71.3 Å². The molecule has 2 N–H and O–H groups in total. The number of urea groups is 1. The number of carbonyl (C=O) groups excluding carboxylic acids is 1. The second-order valence-electron chi connectivity index (χ2n) is 6.64. The van der Waals surface area contributed by atoms with E-state index in [1.807, 2.05) is 72.2 Å². The van der Waals surface area contributed by atoms with Crippen LogP contribution in [0.1, 0.15) is 5.56 Å². The molecule has 0 aliphatic rings. The first kappa shape index (κ1) is 19.1. The number of hydrogen-bond acceptors (Lipinski definition) is 3. The highest BCUT2D eigenvalue weighted by Gasteiger charge is 2.13. The smallest absolute Gasteiger partial charge is 0.319 e. The lowest BCUT2D eigenvalue weighted by Crippen LogP contribution is -2.31. The Labute approximate surface area is 177 Å². The van der Waals surface area contributed by atoms with Crippen LogP contribution in [0.4, 0.5) is 10.5 Å². The number of benzene rings is 2. The van der Waals surface area contributed by atoms with Crippen molar-refractivity contribution >= 4 is 38.8 Å². The van der Waals surface area contributed by atoms with E-state index in [4.69, 9.17) is 4.98 Å². The molecule has 0 atom stereocenters. The normalized spacial score (nSPS) is 10.8. The van der Waals surface area contributed by atoms with Crippen molar-refractivity contribution in [2.24, 2.45) is 0 Å². The summed E-state index contributed by atoms with van der Waals surface area (Å²) in [6.45, 7) is 2.99. The molecule has 4 aromatic rings. The zero-order valence-electron chi connectivity index (χ0n) is 15.9. The fourth-order valence-electron chi connectivity index (χ4n) is 3.16. The van der Waals surface area contributed by atoms with E-state index in [9.17, 15) is 4.79 Å². The van der Waals surface area contributed by atoms with Crippen LogP contribution in [0, 0.1) is 6.92 Å². The number of aromatic nitrogens is 3. The lowest BCUT2D eigenvalue weighted by molar-refractivity contribution is 0.251. The van der Waals surface area contributed by atoms with Crippen LogP contribution in [0.2, 0.25) is 0 Å². The van der Waals surface area contributed by atoms with Crippen molar-refractivity contribution in [2.75, 3.05) is 11.9 Å². The van der Waals surface area contributed by atoms with Gasteiger partial charge in [0, 0.05) is 35.0 Å². The van der Waals surface area contributed by atoms with Crippen LogP contribution in [0.5, 0.6) is 0 Å². The highest BCUT2D eigenvalue weighted by molar-refractivity contribution is 9.10. The molecule has 0 saturated heterocycles. The van der Waals surface area contributed by atoms with E-state index in [2.05, 4.69) is 31.5 Å². The van der Waals surface area contributed by atoms with Crippen molar-refractivity contribution < 1.29 is 4.79 Å². The molecule has 2 amide bonds. The molecule has 0 aliphatic carbocycles. The number of halogens is 1. The summed E-state index contributed by atoms with van der Waals surface area (Å²) in [5, 5.41) is 5.77. The fourth-order valence-corrected chi connectivity index (χ4v) is 3.40.